The highest BCUT2D eigenvalue weighted by Crippen LogP contribution is 2.25. The first-order valence-corrected chi connectivity index (χ1v) is 5.43. The number of hydrogen-bond donors (Lipinski definition) is 1. The monoisotopic (exact) mass is 233 g/mol. The van der Waals surface area contributed by atoms with Crippen LogP contribution in [0, 0.1) is 6.92 Å². The maximum absolute atomic E-state index is 5.79. The van der Waals surface area contributed by atoms with E-state index in [9.17, 15) is 0 Å². The van der Waals surface area contributed by atoms with Gasteiger partial charge in [0.25, 0.3) is 0 Å². The quantitative estimate of drug-likeness (QED) is 0.372. The van der Waals surface area contributed by atoms with Gasteiger partial charge in [0, 0.05) is 12.9 Å². The van der Waals surface area contributed by atoms with Crippen molar-refractivity contribution in [3.05, 3.63) is 11.0 Å². The van der Waals surface area contributed by atoms with Crippen LogP contribution >= 0.6 is 23.4 Å². The van der Waals surface area contributed by atoms with Crippen molar-refractivity contribution >= 4 is 29.1 Å². The standard InChI is InChI=1S/C8H12ClN3OS/c1-5-6(10)7(12-8(9)11-5)14-4-3-13-2/h3-4,10H2,1-2H3. The average molecular weight is 234 g/mol. The fourth-order valence-corrected chi connectivity index (χ4v) is 2.01. The first kappa shape index (κ1) is 11.6. The molecule has 1 rings (SSSR count). The van der Waals surface area contributed by atoms with Crippen molar-refractivity contribution in [1.29, 1.82) is 0 Å². The molecule has 0 bridgehead atoms. The van der Waals surface area contributed by atoms with E-state index in [-0.39, 0.29) is 5.28 Å². The lowest BCUT2D eigenvalue weighted by atomic mass is 10.4. The zero-order valence-corrected chi connectivity index (χ0v) is 9.65. The molecule has 0 unspecified atom stereocenters. The molecule has 0 radical (unpaired) electrons. The van der Waals surface area contributed by atoms with E-state index in [1.165, 1.54) is 11.8 Å². The Balaban J connectivity index is 2.75. The molecule has 0 saturated heterocycles. The maximum atomic E-state index is 5.79. The number of thioether (sulfide) groups is 1. The van der Waals surface area contributed by atoms with Crippen LogP contribution in [0.15, 0.2) is 5.03 Å². The number of ether oxygens (including phenoxy) is 1. The van der Waals surface area contributed by atoms with Gasteiger partial charge in [0.15, 0.2) is 0 Å². The smallest absolute Gasteiger partial charge is 0.223 e. The summed E-state index contributed by atoms with van der Waals surface area (Å²) >= 11 is 7.23. The summed E-state index contributed by atoms with van der Waals surface area (Å²) in [6, 6.07) is 0. The third-order valence-electron chi connectivity index (χ3n) is 1.60. The molecule has 0 atom stereocenters. The topological polar surface area (TPSA) is 61.0 Å². The van der Waals surface area contributed by atoms with Crippen molar-refractivity contribution in [2.75, 3.05) is 25.2 Å². The van der Waals surface area contributed by atoms with Gasteiger partial charge in [0.1, 0.15) is 5.03 Å². The number of nitrogens with zero attached hydrogens (tertiary/aromatic N) is 2. The van der Waals surface area contributed by atoms with Crippen LogP contribution in [0.5, 0.6) is 0 Å². The number of nitrogens with two attached hydrogens (primary N) is 1. The Morgan fingerprint density at radius 3 is 2.86 bits per heavy atom. The number of halogens is 1. The highest BCUT2D eigenvalue weighted by molar-refractivity contribution is 7.99. The first-order valence-electron chi connectivity index (χ1n) is 4.06. The van der Waals surface area contributed by atoms with E-state index in [0.717, 1.165) is 10.8 Å². The lowest BCUT2D eigenvalue weighted by Gasteiger charge is -2.06. The Labute approximate surface area is 92.2 Å². The van der Waals surface area contributed by atoms with E-state index in [1.807, 2.05) is 6.92 Å². The Morgan fingerprint density at radius 1 is 1.50 bits per heavy atom. The molecule has 0 fully saturated rings. The van der Waals surface area contributed by atoms with E-state index < -0.39 is 0 Å². The zero-order chi connectivity index (χ0) is 10.6. The van der Waals surface area contributed by atoms with Crippen molar-refractivity contribution in [3.8, 4) is 0 Å². The summed E-state index contributed by atoms with van der Waals surface area (Å²) in [7, 11) is 1.65. The molecule has 0 aromatic carbocycles. The summed E-state index contributed by atoms with van der Waals surface area (Å²) in [5.74, 6) is 0.799. The van der Waals surface area contributed by atoms with E-state index >= 15 is 0 Å². The largest absolute Gasteiger partial charge is 0.395 e. The number of nitrogen functional groups attached to an aromatic ring is 1. The number of aryl methyl sites for hydroxylation is 1. The van der Waals surface area contributed by atoms with Gasteiger partial charge in [-0.3, -0.25) is 0 Å². The van der Waals surface area contributed by atoms with Gasteiger partial charge < -0.3 is 10.5 Å². The summed E-state index contributed by atoms with van der Waals surface area (Å²) in [5, 5.41) is 0.955. The van der Waals surface area contributed by atoms with E-state index in [2.05, 4.69) is 9.97 Å². The van der Waals surface area contributed by atoms with Crippen molar-refractivity contribution < 1.29 is 4.74 Å². The Kier molecular flexibility index (Phi) is 4.44. The minimum absolute atomic E-state index is 0.233. The highest BCUT2D eigenvalue weighted by atomic mass is 35.5. The van der Waals surface area contributed by atoms with Gasteiger partial charge in [-0.05, 0) is 18.5 Å². The lowest BCUT2D eigenvalue weighted by Crippen LogP contribution is -2.01. The SMILES string of the molecule is COCCSc1nc(Cl)nc(C)c1N. The van der Waals surface area contributed by atoms with Crippen LogP contribution in [0.3, 0.4) is 0 Å². The first-order chi connectivity index (χ1) is 6.65. The summed E-state index contributed by atoms with van der Waals surface area (Å²) < 4.78 is 4.93. The van der Waals surface area contributed by atoms with Crippen LogP contribution < -0.4 is 5.73 Å². The van der Waals surface area contributed by atoms with Crippen molar-refractivity contribution in [1.82, 2.24) is 9.97 Å². The highest BCUT2D eigenvalue weighted by Gasteiger charge is 2.07. The van der Waals surface area contributed by atoms with Gasteiger partial charge in [-0.15, -0.1) is 11.8 Å². The molecule has 0 aliphatic rings. The van der Waals surface area contributed by atoms with Crippen LogP contribution in [0.4, 0.5) is 5.69 Å². The molecule has 1 aromatic rings. The fraction of sp³-hybridized carbons (Fsp3) is 0.500. The Morgan fingerprint density at radius 2 is 2.21 bits per heavy atom. The summed E-state index contributed by atoms with van der Waals surface area (Å²) in [6.07, 6.45) is 0. The van der Waals surface area contributed by atoms with Crippen LogP contribution in [0.1, 0.15) is 5.69 Å². The van der Waals surface area contributed by atoms with Gasteiger partial charge in [-0.25, -0.2) is 9.97 Å². The van der Waals surface area contributed by atoms with Crippen LogP contribution in [-0.4, -0.2) is 29.4 Å². The minimum Gasteiger partial charge on any atom is -0.395 e. The van der Waals surface area contributed by atoms with E-state index in [4.69, 9.17) is 22.1 Å². The molecule has 6 heteroatoms. The predicted octanol–water partition coefficient (Wildman–Crippen LogP) is 1.76. The van der Waals surface area contributed by atoms with Gasteiger partial charge in [-0.2, -0.15) is 0 Å². The molecule has 78 valence electrons. The van der Waals surface area contributed by atoms with Crippen LogP contribution in [0.25, 0.3) is 0 Å². The van der Waals surface area contributed by atoms with Gasteiger partial charge in [-0.1, -0.05) is 0 Å². The molecule has 14 heavy (non-hydrogen) atoms. The average Bonchev–Trinajstić information content (AvgIpc) is 2.13. The molecule has 0 amide bonds. The van der Waals surface area contributed by atoms with Crippen molar-refractivity contribution in [3.63, 3.8) is 0 Å². The third-order valence-corrected chi connectivity index (χ3v) is 2.72. The third kappa shape index (κ3) is 3.01. The number of anilines is 1. The van der Waals surface area contributed by atoms with Crippen molar-refractivity contribution in [2.45, 2.75) is 11.9 Å². The number of rotatable bonds is 4. The van der Waals surface area contributed by atoms with Crippen LogP contribution in [-0.2, 0) is 4.74 Å². The second-order valence-corrected chi connectivity index (χ2v) is 4.06. The van der Waals surface area contributed by atoms with Gasteiger partial charge in [0.05, 0.1) is 18.0 Å². The van der Waals surface area contributed by atoms with Crippen LogP contribution in [0.2, 0.25) is 5.28 Å². The van der Waals surface area contributed by atoms with E-state index in [0.29, 0.717) is 18.0 Å². The molecular formula is C8H12ClN3OS. The molecule has 1 aromatic heterocycles. The Bertz CT molecular complexity index is 322. The molecule has 0 aliphatic carbocycles. The summed E-state index contributed by atoms with van der Waals surface area (Å²) in [6.45, 7) is 2.47. The van der Waals surface area contributed by atoms with Gasteiger partial charge >= 0.3 is 0 Å². The number of aromatic nitrogens is 2. The minimum atomic E-state index is 0.233. The molecular weight excluding hydrogens is 222 g/mol. The second-order valence-electron chi connectivity index (χ2n) is 2.64. The molecule has 0 aliphatic heterocycles. The Hall–Kier alpha value is -0.520. The summed E-state index contributed by atoms with van der Waals surface area (Å²) in [5.41, 5.74) is 7.09. The summed E-state index contributed by atoms with van der Waals surface area (Å²) in [4.78, 5) is 7.99. The van der Waals surface area contributed by atoms with E-state index in [1.54, 1.807) is 7.11 Å². The van der Waals surface area contributed by atoms with Gasteiger partial charge in [0.2, 0.25) is 5.28 Å². The molecule has 0 saturated carbocycles. The lowest BCUT2D eigenvalue weighted by molar-refractivity contribution is 0.218. The fourth-order valence-electron chi connectivity index (χ4n) is 0.854. The molecule has 4 nitrogen and oxygen atoms in total. The zero-order valence-electron chi connectivity index (χ0n) is 8.08. The molecule has 0 spiro atoms. The molecule has 2 N–H and O–H groups in total. The predicted molar refractivity (Wildman–Crippen MR) is 58.8 cm³/mol. The maximum Gasteiger partial charge on any atom is 0.223 e. The second kappa shape index (κ2) is 5.38. The van der Waals surface area contributed by atoms with Crippen molar-refractivity contribution in [2.24, 2.45) is 0 Å². The molecule has 1 heterocycles. The number of methoxy groups -OCH3 is 1. The number of hydrogen-bond acceptors (Lipinski definition) is 5. The normalized spacial score (nSPS) is 10.5.